The van der Waals surface area contributed by atoms with Crippen LogP contribution in [-0.4, -0.2) is 25.4 Å². The SMILES string of the molecule is CN(C(=O)CNC(=O)Cc1ccc(F)cc1)c1ccccc1. The van der Waals surface area contributed by atoms with E-state index < -0.39 is 0 Å². The van der Waals surface area contributed by atoms with Crippen molar-refractivity contribution >= 4 is 17.5 Å². The Kier molecular flexibility index (Phi) is 5.25. The second-order valence-corrected chi connectivity index (χ2v) is 4.87. The Labute approximate surface area is 128 Å². The van der Waals surface area contributed by atoms with Gasteiger partial charge in [-0.05, 0) is 29.8 Å². The van der Waals surface area contributed by atoms with Gasteiger partial charge < -0.3 is 10.2 Å². The molecule has 0 aromatic heterocycles. The maximum atomic E-state index is 12.8. The summed E-state index contributed by atoms with van der Waals surface area (Å²) in [6, 6.07) is 14.9. The number of hydrogen-bond donors (Lipinski definition) is 1. The molecule has 22 heavy (non-hydrogen) atoms. The molecule has 0 saturated carbocycles. The molecule has 4 nitrogen and oxygen atoms in total. The first kappa shape index (κ1) is 15.7. The molecule has 2 amide bonds. The highest BCUT2D eigenvalue weighted by atomic mass is 19.1. The Bertz CT molecular complexity index is 641. The summed E-state index contributed by atoms with van der Waals surface area (Å²) in [4.78, 5) is 25.3. The van der Waals surface area contributed by atoms with Crippen LogP contribution in [0.3, 0.4) is 0 Å². The van der Waals surface area contributed by atoms with Gasteiger partial charge in [0.1, 0.15) is 5.82 Å². The van der Waals surface area contributed by atoms with Crippen molar-refractivity contribution in [1.29, 1.82) is 0 Å². The lowest BCUT2D eigenvalue weighted by Gasteiger charge is -2.17. The molecule has 0 aliphatic heterocycles. The molecule has 0 radical (unpaired) electrons. The van der Waals surface area contributed by atoms with Crippen LogP contribution in [0.2, 0.25) is 0 Å². The van der Waals surface area contributed by atoms with Crippen molar-refractivity contribution in [1.82, 2.24) is 5.32 Å². The van der Waals surface area contributed by atoms with Crippen LogP contribution in [0.1, 0.15) is 5.56 Å². The van der Waals surface area contributed by atoms with Crippen LogP contribution < -0.4 is 10.2 Å². The number of likely N-dealkylation sites (N-methyl/N-ethyl adjacent to an activating group) is 1. The largest absolute Gasteiger partial charge is 0.347 e. The van der Waals surface area contributed by atoms with Gasteiger partial charge in [-0.2, -0.15) is 0 Å². The fourth-order valence-corrected chi connectivity index (χ4v) is 1.94. The van der Waals surface area contributed by atoms with Gasteiger partial charge in [0.25, 0.3) is 0 Å². The number of hydrogen-bond acceptors (Lipinski definition) is 2. The van der Waals surface area contributed by atoms with E-state index in [2.05, 4.69) is 5.32 Å². The van der Waals surface area contributed by atoms with Crippen LogP contribution in [0.5, 0.6) is 0 Å². The van der Waals surface area contributed by atoms with Crippen molar-refractivity contribution < 1.29 is 14.0 Å². The summed E-state index contributed by atoms with van der Waals surface area (Å²) in [5.41, 5.74) is 1.46. The Morgan fingerprint density at radius 3 is 2.32 bits per heavy atom. The number of carbonyl (C=O) groups is 2. The van der Waals surface area contributed by atoms with E-state index in [0.717, 1.165) is 5.69 Å². The smallest absolute Gasteiger partial charge is 0.246 e. The van der Waals surface area contributed by atoms with E-state index in [0.29, 0.717) is 5.56 Å². The number of benzene rings is 2. The third kappa shape index (κ3) is 4.41. The van der Waals surface area contributed by atoms with Gasteiger partial charge >= 0.3 is 0 Å². The highest BCUT2D eigenvalue weighted by molar-refractivity contribution is 5.96. The quantitative estimate of drug-likeness (QED) is 0.920. The van der Waals surface area contributed by atoms with Crippen molar-refractivity contribution in [2.24, 2.45) is 0 Å². The lowest BCUT2D eigenvalue weighted by atomic mass is 10.1. The first-order valence-electron chi connectivity index (χ1n) is 6.89. The lowest BCUT2D eigenvalue weighted by Crippen LogP contribution is -2.38. The van der Waals surface area contributed by atoms with E-state index in [1.807, 2.05) is 30.3 Å². The molecule has 1 N–H and O–H groups in total. The third-order valence-electron chi connectivity index (χ3n) is 3.23. The second-order valence-electron chi connectivity index (χ2n) is 4.87. The van der Waals surface area contributed by atoms with Crippen molar-refractivity contribution in [3.8, 4) is 0 Å². The zero-order valence-electron chi connectivity index (χ0n) is 12.3. The molecule has 2 aromatic carbocycles. The molecule has 0 saturated heterocycles. The van der Waals surface area contributed by atoms with Gasteiger partial charge in [0.15, 0.2) is 0 Å². The highest BCUT2D eigenvalue weighted by Gasteiger charge is 2.12. The third-order valence-corrected chi connectivity index (χ3v) is 3.23. The molecule has 0 bridgehead atoms. The van der Waals surface area contributed by atoms with Crippen LogP contribution in [0.15, 0.2) is 54.6 Å². The standard InChI is InChI=1S/C17H17FN2O2/c1-20(15-5-3-2-4-6-15)17(22)12-19-16(21)11-13-7-9-14(18)10-8-13/h2-10H,11-12H2,1H3,(H,19,21). The molecule has 2 aromatic rings. The first-order chi connectivity index (χ1) is 10.6. The van der Waals surface area contributed by atoms with Crippen LogP contribution in [0.25, 0.3) is 0 Å². The highest BCUT2D eigenvalue weighted by Crippen LogP contribution is 2.10. The molecule has 2 rings (SSSR count). The minimum atomic E-state index is -0.344. The minimum absolute atomic E-state index is 0.0780. The number of rotatable bonds is 5. The van der Waals surface area contributed by atoms with Gasteiger partial charge in [-0.15, -0.1) is 0 Å². The number of nitrogens with zero attached hydrogens (tertiary/aromatic N) is 1. The lowest BCUT2D eigenvalue weighted by molar-refractivity contribution is -0.124. The average Bonchev–Trinajstić information content (AvgIpc) is 2.55. The molecular formula is C17H17FN2O2. The molecular weight excluding hydrogens is 283 g/mol. The number of anilines is 1. The van der Waals surface area contributed by atoms with E-state index in [1.54, 1.807) is 19.2 Å². The van der Waals surface area contributed by atoms with Crippen LogP contribution in [0, 0.1) is 5.82 Å². The van der Waals surface area contributed by atoms with Gasteiger partial charge in [0.2, 0.25) is 11.8 Å². The van der Waals surface area contributed by atoms with Crippen molar-refractivity contribution in [2.75, 3.05) is 18.5 Å². The summed E-state index contributed by atoms with van der Waals surface area (Å²) >= 11 is 0. The van der Waals surface area contributed by atoms with Crippen molar-refractivity contribution in [3.63, 3.8) is 0 Å². The van der Waals surface area contributed by atoms with E-state index in [-0.39, 0.29) is 30.6 Å². The molecule has 0 unspecified atom stereocenters. The summed E-state index contributed by atoms with van der Waals surface area (Å²) in [7, 11) is 1.66. The zero-order valence-corrected chi connectivity index (χ0v) is 12.3. The minimum Gasteiger partial charge on any atom is -0.347 e. The average molecular weight is 300 g/mol. The fraction of sp³-hybridized carbons (Fsp3) is 0.176. The maximum Gasteiger partial charge on any atom is 0.246 e. The van der Waals surface area contributed by atoms with Crippen LogP contribution in [0.4, 0.5) is 10.1 Å². The van der Waals surface area contributed by atoms with E-state index in [4.69, 9.17) is 0 Å². The molecule has 5 heteroatoms. The van der Waals surface area contributed by atoms with Gasteiger partial charge in [-0.25, -0.2) is 4.39 Å². The Morgan fingerprint density at radius 2 is 1.68 bits per heavy atom. The number of para-hydroxylation sites is 1. The molecule has 0 aliphatic rings. The van der Waals surface area contributed by atoms with Crippen molar-refractivity contribution in [2.45, 2.75) is 6.42 Å². The van der Waals surface area contributed by atoms with E-state index in [1.165, 1.54) is 17.0 Å². The molecule has 0 atom stereocenters. The predicted molar refractivity (Wildman–Crippen MR) is 83.0 cm³/mol. The van der Waals surface area contributed by atoms with E-state index in [9.17, 15) is 14.0 Å². The Balaban J connectivity index is 1.83. The van der Waals surface area contributed by atoms with Gasteiger partial charge in [-0.1, -0.05) is 30.3 Å². The zero-order chi connectivity index (χ0) is 15.9. The second kappa shape index (κ2) is 7.36. The molecule has 0 heterocycles. The van der Waals surface area contributed by atoms with Crippen LogP contribution in [-0.2, 0) is 16.0 Å². The van der Waals surface area contributed by atoms with Gasteiger partial charge in [0, 0.05) is 12.7 Å². The summed E-state index contributed by atoms with van der Waals surface area (Å²) in [6.45, 7) is -0.0780. The number of amides is 2. The summed E-state index contributed by atoms with van der Waals surface area (Å²) < 4.78 is 12.8. The van der Waals surface area contributed by atoms with Crippen LogP contribution >= 0.6 is 0 Å². The molecule has 0 fully saturated rings. The van der Waals surface area contributed by atoms with E-state index >= 15 is 0 Å². The van der Waals surface area contributed by atoms with Gasteiger partial charge in [-0.3, -0.25) is 9.59 Å². The first-order valence-corrected chi connectivity index (χ1v) is 6.89. The number of halogens is 1. The summed E-state index contributed by atoms with van der Waals surface area (Å²) in [5, 5.41) is 2.57. The number of nitrogens with one attached hydrogen (secondary N) is 1. The summed E-state index contributed by atoms with van der Waals surface area (Å²) in [5.74, 6) is -0.830. The Hall–Kier alpha value is -2.69. The van der Waals surface area contributed by atoms with Crippen molar-refractivity contribution in [3.05, 3.63) is 66.0 Å². The molecule has 0 aliphatic carbocycles. The maximum absolute atomic E-state index is 12.8. The number of carbonyl (C=O) groups excluding carboxylic acids is 2. The Morgan fingerprint density at radius 1 is 1.05 bits per heavy atom. The topological polar surface area (TPSA) is 49.4 Å². The van der Waals surface area contributed by atoms with Gasteiger partial charge in [0.05, 0.1) is 13.0 Å². The normalized spacial score (nSPS) is 10.1. The molecule has 0 spiro atoms. The summed E-state index contributed by atoms with van der Waals surface area (Å²) in [6.07, 6.45) is 0.114. The predicted octanol–water partition coefficient (Wildman–Crippen LogP) is 2.15. The molecule has 114 valence electrons. The fourth-order valence-electron chi connectivity index (χ4n) is 1.94. The monoisotopic (exact) mass is 300 g/mol.